The Morgan fingerprint density at radius 3 is 2.06 bits per heavy atom. The summed E-state index contributed by atoms with van der Waals surface area (Å²) in [4.78, 5) is 0. The van der Waals surface area contributed by atoms with Crippen molar-refractivity contribution >= 4 is 28.9 Å². The molecular formula is C13H20Cl2OSi. The summed E-state index contributed by atoms with van der Waals surface area (Å²) in [6, 6.07) is 9.05. The standard InChI is InChI=1S/C13H20Cl2OSi/c1-13(2,3)16-12-7-5-11(6-8-12)9-10-17(4,14)15/h5-8H,9-10H2,1-4H3. The molecule has 0 aromatic heterocycles. The molecule has 1 aromatic carbocycles. The third-order valence-corrected chi connectivity index (χ3v) is 4.46. The molecular weight excluding hydrogens is 271 g/mol. The van der Waals surface area contributed by atoms with Gasteiger partial charge in [0.25, 0.3) is 0 Å². The highest BCUT2D eigenvalue weighted by Crippen LogP contribution is 2.24. The fourth-order valence-electron chi connectivity index (χ4n) is 1.44. The van der Waals surface area contributed by atoms with Crippen molar-refractivity contribution in [2.24, 2.45) is 0 Å². The zero-order valence-electron chi connectivity index (χ0n) is 10.9. The third kappa shape index (κ3) is 6.97. The third-order valence-electron chi connectivity index (χ3n) is 2.20. The first kappa shape index (κ1) is 14.9. The number of ether oxygens (including phenoxy) is 1. The normalized spacial score (nSPS) is 12.6. The second-order valence-corrected chi connectivity index (χ2v) is 13.7. The molecule has 0 spiro atoms. The van der Waals surface area contributed by atoms with Crippen LogP contribution in [0.3, 0.4) is 0 Å². The molecule has 0 aliphatic rings. The Bertz CT molecular complexity index is 349. The highest BCUT2D eigenvalue weighted by Gasteiger charge is 2.20. The molecule has 0 radical (unpaired) electrons. The number of hydrogen-bond donors (Lipinski definition) is 0. The van der Waals surface area contributed by atoms with Gasteiger partial charge < -0.3 is 4.74 Å². The van der Waals surface area contributed by atoms with E-state index < -0.39 is 6.69 Å². The van der Waals surface area contributed by atoms with E-state index in [4.69, 9.17) is 26.9 Å². The van der Waals surface area contributed by atoms with Gasteiger partial charge in [0.1, 0.15) is 11.4 Å². The quantitative estimate of drug-likeness (QED) is 0.563. The maximum Gasteiger partial charge on any atom is 0.248 e. The first-order valence-corrected chi connectivity index (χ1v) is 10.5. The smallest absolute Gasteiger partial charge is 0.248 e. The first-order valence-electron chi connectivity index (χ1n) is 5.81. The summed E-state index contributed by atoms with van der Waals surface area (Å²) in [5, 5.41) is 0. The van der Waals surface area contributed by atoms with Crippen molar-refractivity contribution in [1.82, 2.24) is 0 Å². The highest BCUT2D eigenvalue weighted by molar-refractivity contribution is 7.44. The van der Waals surface area contributed by atoms with Gasteiger partial charge in [0.05, 0.1) is 0 Å². The lowest BCUT2D eigenvalue weighted by Gasteiger charge is -2.21. The molecule has 1 aromatic rings. The summed E-state index contributed by atoms with van der Waals surface area (Å²) in [6.45, 7) is 6.09. The molecule has 1 rings (SSSR count). The Hall–Kier alpha value is -0.183. The van der Waals surface area contributed by atoms with Gasteiger partial charge in [0.15, 0.2) is 0 Å². The van der Waals surface area contributed by atoms with Gasteiger partial charge in [-0.15, -0.1) is 22.2 Å². The van der Waals surface area contributed by atoms with Gasteiger partial charge in [-0.25, -0.2) is 0 Å². The second kappa shape index (κ2) is 5.64. The van der Waals surface area contributed by atoms with Crippen LogP contribution in [0.1, 0.15) is 26.3 Å². The van der Waals surface area contributed by atoms with E-state index in [0.29, 0.717) is 0 Å². The minimum Gasteiger partial charge on any atom is -0.488 e. The van der Waals surface area contributed by atoms with Crippen molar-refractivity contribution < 1.29 is 4.74 Å². The molecule has 0 atom stereocenters. The average molecular weight is 291 g/mol. The van der Waals surface area contributed by atoms with Crippen molar-refractivity contribution in [3.8, 4) is 5.75 Å². The molecule has 96 valence electrons. The molecule has 0 unspecified atom stereocenters. The van der Waals surface area contributed by atoms with E-state index in [9.17, 15) is 0 Å². The van der Waals surface area contributed by atoms with Crippen LogP contribution in [0.2, 0.25) is 12.6 Å². The predicted molar refractivity (Wildman–Crippen MR) is 78.7 cm³/mol. The summed E-state index contributed by atoms with van der Waals surface area (Å²) < 4.78 is 5.76. The van der Waals surface area contributed by atoms with Crippen LogP contribution in [-0.4, -0.2) is 12.3 Å². The monoisotopic (exact) mass is 290 g/mol. The van der Waals surface area contributed by atoms with Crippen molar-refractivity contribution in [1.29, 1.82) is 0 Å². The lowest BCUT2D eigenvalue weighted by atomic mass is 10.1. The summed E-state index contributed by atoms with van der Waals surface area (Å²) in [5.41, 5.74) is 1.10. The van der Waals surface area contributed by atoms with Crippen LogP contribution >= 0.6 is 22.2 Å². The van der Waals surface area contributed by atoms with E-state index in [1.54, 1.807) is 0 Å². The topological polar surface area (TPSA) is 9.23 Å². The molecule has 0 heterocycles. The Labute approximate surface area is 114 Å². The number of halogens is 2. The van der Waals surface area contributed by atoms with Gasteiger partial charge in [-0.3, -0.25) is 0 Å². The van der Waals surface area contributed by atoms with Gasteiger partial charge in [0.2, 0.25) is 6.69 Å². The summed E-state index contributed by atoms with van der Waals surface area (Å²) in [5.74, 6) is 0.901. The zero-order valence-corrected chi connectivity index (χ0v) is 13.4. The van der Waals surface area contributed by atoms with E-state index >= 15 is 0 Å². The fraction of sp³-hybridized carbons (Fsp3) is 0.538. The summed E-state index contributed by atoms with van der Waals surface area (Å²) in [7, 11) is 0. The molecule has 0 aliphatic carbocycles. The highest BCUT2D eigenvalue weighted by atomic mass is 35.7. The molecule has 0 N–H and O–H groups in total. The van der Waals surface area contributed by atoms with Gasteiger partial charge in [-0.05, 0) is 57.5 Å². The van der Waals surface area contributed by atoms with Crippen molar-refractivity contribution in [2.75, 3.05) is 0 Å². The SMILES string of the molecule is CC(C)(C)Oc1ccc(CC[Si](C)(Cl)Cl)cc1. The molecule has 4 heteroatoms. The van der Waals surface area contributed by atoms with Gasteiger partial charge in [0, 0.05) is 0 Å². The predicted octanol–water partition coefficient (Wildman–Crippen LogP) is 4.96. The van der Waals surface area contributed by atoms with Crippen molar-refractivity contribution in [3.05, 3.63) is 29.8 Å². The van der Waals surface area contributed by atoms with Crippen LogP contribution in [0.25, 0.3) is 0 Å². The Balaban J connectivity index is 2.56. The fourth-order valence-corrected chi connectivity index (χ4v) is 2.74. The maximum atomic E-state index is 6.08. The maximum absolute atomic E-state index is 6.08. The molecule has 0 saturated carbocycles. The lowest BCUT2D eigenvalue weighted by Crippen LogP contribution is -2.22. The minimum absolute atomic E-state index is 0.153. The van der Waals surface area contributed by atoms with Crippen LogP contribution in [0.5, 0.6) is 5.75 Å². The van der Waals surface area contributed by atoms with Gasteiger partial charge in [-0.2, -0.15) is 0 Å². The molecule has 1 nitrogen and oxygen atoms in total. The van der Waals surface area contributed by atoms with Gasteiger partial charge in [-0.1, -0.05) is 12.1 Å². The molecule has 0 bridgehead atoms. The van der Waals surface area contributed by atoms with Gasteiger partial charge >= 0.3 is 0 Å². The zero-order chi connectivity index (χ0) is 13.1. The summed E-state index contributed by atoms with van der Waals surface area (Å²) in [6.07, 6.45) is 0.936. The number of hydrogen-bond acceptors (Lipinski definition) is 1. The molecule has 0 fully saturated rings. The van der Waals surface area contributed by atoms with E-state index in [1.165, 1.54) is 5.56 Å². The first-order chi connectivity index (χ1) is 7.66. The minimum atomic E-state index is -1.98. The Kier molecular flexibility index (Phi) is 4.93. The van der Waals surface area contributed by atoms with E-state index in [1.807, 2.05) is 39.5 Å². The lowest BCUT2D eigenvalue weighted by molar-refractivity contribution is 0.131. The number of rotatable bonds is 4. The average Bonchev–Trinajstić information content (AvgIpc) is 2.13. The molecule has 0 saturated heterocycles. The summed E-state index contributed by atoms with van der Waals surface area (Å²) >= 11 is 12.2. The molecule has 17 heavy (non-hydrogen) atoms. The Morgan fingerprint density at radius 2 is 1.65 bits per heavy atom. The second-order valence-electron chi connectivity index (χ2n) is 5.43. The van der Waals surface area contributed by atoms with Crippen LogP contribution < -0.4 is 4.74 Å². The van der Waals surface area contributed by atoms with Crippen LogP contribution in [-0.2, 0) is 6.42 Å². The van der Waals surface area contributed by atoms with Crippen LogP contribution in [0, 0.1) is 0 Å². The van der Waals surface area contributed by atoms with Crippen LogP contribution in [0.4, 0.5) is 0 Å². The number of benzene rings is 1. The van der Waals surface area contributed by atoms with Crippen LogP contribution in [0.15, 0.2) is 24.3 Å². The van der Waals surface area contributed by atoms with Crippen molar-refractivity contribution in [2.45, 2.75) is 45.4 Å². The molecule has 0 aliphatic heterocycles. The van der Waals surface area contributed by atoms with Crippen molar-refractivity contribution in [3.63, 3.8) is 0 Å². The Morgan fingerprint density at radius 1 is 1.12 bits per heavy atom. The van der Waals surface area contributed by atoms with E-state index in [-0.39, 0.29) is 5.60 Å². The van der Waals surface area contributed by atoms with E-state index in [0.717, 1.165) is 18.2 Å². The number of aryl methyl sites for hydroxylation is 1. The van der Waals surface area contributed by atoms with E-state index in [2.05, 4.69) is 12.1 Å². The molecule has 0 amide bonds. The largest absolute Gasteiger partial charge is 0.488 e.